The molecule has 1 aliphatic heterocycles. The molecule has 7 atom stereocenters. The zero-order valence-electron chi connectivity index (χ0n) is 25.8. The highest BCUT2D eigenvalue weighted by molar-refractivity contribution is 9.10. The minimum absolute atomic E-state index is 0.00234. The highest BCUT2D eigenvalue weighted by Crippen LogP contribution is 2.61. The van der Waals surface area contributed by atoms with Crippen LogP contribution in [0, 0.1) is 23.2 Å². The van der Waals surface area contributed by atoms with Crippen LogP contribution < -0.4 is 16.2 Å². The monoisotopic (exact) mass is 632 g/mol. The van der Waals surface area contributed by atoms with Crippen LogP contribution in [0.2, 0.25) is 0 Å². The van der Waals surface area contributed by atoms with Crippen LogP contribution in [0.1, 0.15) is 66.0 Å². The first kappa shape index (κ1) is 29.4. The lowest BCUT2D eigenvalue weighted by atomic mass is 9.45. The topological polar surface area (TPSA) is 74.5 Å². The van der Waals surface area contributed by atoms with Crippen molar-refractivity contribution in [3.8, 4) is 0 Å². The van der Waals surface area contributed by atoms with Gasteiger partial charge >= 0.3 is 0 Å². The average molecular weight is 634 g/mol. The molecule has 7 nitrogen and oxygen atoms in total. The Bertz CT molecular complexity index is 1520. The summed E-state index contributed by atoms with van der Waals surface area (Å²) >= 11 is 3.50. The molecule has 7 unspecified atom stereocenters. The lowest BCUT2D eigenvalue weighted by Crippen LogP contribution is -2.59. The van der Waals surface area contributed by atoms with Gasteiger partial charge in [-0.3, -0.25) is 9.36 Å². The highest BCUT2D eigenvalue weighted by atomic mass is 79.9. The number of hydrogen-bond acceptors (Lipinski definition) is 4. The maximum absolute atomic E-state index is 13.5. The molecular formula is C34H45BrN6O. The average Bonchev–Trinajstić information content (AvgIpc) is 2.94. The molecule has 2 aromatic carbocycles. The summed E-state index contributed by atoms with van der Waals surface area (Å²) in [5, 5.41) is 7.98. The van der Waals surface area contributed by atoms with Gasteiger partial charge in [-0.1, -0.05) is 48.8 Å². The predicted molar refractivity (Wildman–Crippen MR) is 176 cm³/mol. The first-order chi connectivity index (χ1) is 20.0. The van der Waals surface area contributed by atoms with Gasteiger partial charge in [0.1, 0.15) is 0 Å². The Kier molecular flexibility index (Phi) is 7.98. The second-order valence-corrected chi connectivity index (χ2v) is 14.8. The van der Waals surface area contributed by atoms with Crippen molar-refractivity contribution in [3.63, 3.8) is 0 Å². The molecule has 4 fully saturated rings. The number of anilines is 1. The van der Waals surface area contributed by atoms with E-state index in [2.05, 4.69) is 85.1 Å². The van der Waals surface area contributed by atoms with Gasteiger partial charge in [0.15, 0.2) is 5.96 Å². The van der Waals surface area contributed by atoms with E-state index in [0.717, 1.165) is 53.9 Å². The first-order valence-corrected chi connectivity index (χ1v) is 16.4. The lowest BCUT2D eigenvalue weighted by Gasteiger charge is -2.61. The Hall–Kier alpha value is -2.71. The molecule has 2 heterocycles. The van der Waals surface area contributed by atoms with Crippen molar-refractivity contribution in [1.82, 2.24) is 19.8 Å². The van der Waals surface area contributed by atoms with Crippen LogP contribution in [0.25, 0.3) is 10.9 Å². The summed E-state index contributed by atoms with van der Waals surface area (Å²) in [5.41, 5.74) is 3.24. The van der Waals surface area contributed by atoms with Gasteiger partial charge in [-0.15, -0.1) is 0 Å². The number of guanidine groups is 1. The molecule has 0 amide bonds. The minimum Gasteiger partial charge on any atom is -0.340 e. The summed E-state index contributed by atoms with van der Waals surface area (Å²) < 4.78 is 2.81. The molecule has 3 aliphatic carbocycles. The Morgan fingerprint density at radius 1 is 1.12 bits per heavy atom. The van der Waals surface area contributed by atoms with Gasteiger partial charge in [0.2, 0.25) is 0 Å². The minimum atomic E-state index is -0.00678. The van der Waals surface area contributed by atoms with Crippen LogP contribution in [0.5, 0.6) is 0 Å². The van der Waals surface area contributed by atoms with Crippen molar-refractivity contribution in [3.05, 3.63) is 69.2 Å². The third kappa shape index (κ3) is 5.64. The van der Waals surface area contributed by atoms with Gasteiger partial charge in [-0.2, -0.15) is 0 Å². The molecule has 2 bridgehead atoms. The molecule has 1 saturated heterocycles. The highest BCUT2D eigenvalue weighted by Gasteiger charge is 2.56. The SMILES string of the molecule is CC1CN(C(=NC2CC3CC(C2C)C3(C)C)Nc2ccc3c(=O)n(C(C)Cc4ccc(Br)cc4)cnc3c2)CC(C)N1. The summed E-state index contributed by atoms with van der Waals surface area (Å²) in [4.78, 5) is 26.1. The predicted octanol–water partition coefficient (Wildman–Crippen LogP) is 6.48. The van der Waals surface area contributed by atoms with Crippen molar-refractivity contribution < 1.29 is 0 Å². The summed E-state index contributed by atoms with van der Waals surface area (Å²) in [6.07, 6.45) is 4.97. The van der Waals surface area contributed by atoms with E-state index in [1.54, 1.807) is 10.9 Å². The Morgan fingerprint density at radius 3 is 2.50 bits per heavy atom. The number of benzene rings is 2. The second kappa shape index (κ2) is 11.4. The fraction of sp³-hybridized carbons (Fsp3) is 0.559. The van der Waals surface area contributed by atoms with Gasteiger partial charge in [0.25, 0.3) is 5.56 Å². The number of aliphatic imine (C=N–C) groups is 1. The van der Waals surface area contributed by atoms with Gasteiger partial charge in [-0.05, 0) is 99.1 Å². The number of aromatic nitrogens is 2. The molecule has 3 aromatic rings. The molecule has 0 spiro atoms. The number of halogens is 1. The number of hydrogen-bond donors (Lipinski definition) is 2. The molecule has 4 aliphatic rings. The number of fused-ring (bicyclic) bond motifs is 3. The summed E-state index contributed by atoms with van der Waals surface area (Å²) in [6, 6.07) is 15.3. The Labute approximate surface area is 258 Å². The van der Waals surface area contributed by atoms with Crippen LogP contribution in [0.4, 0.5) is 5.69 Å². The smallest absolute Gasteiger partial charge is 0.261 e. The van der Waals surface area contributed by atoms with E-state index in [0.29, 0.717) is 40.4 Å². The number of piperazine rings is 1. The van der Waals surface area contributed by atoms with Crippen molar-refractivity contribution in [2.24, 2.45) is 28.2 Å². The van der Waals surface area contributed by atoms with E-state index in [1.165, 1.54) is 12.0 Å². The number of nitrogens with one attached hydrogen (secondary N) is 2. The first-order valence-electron chi connectivity index (χ1n) is 15.6. The molecule has 2 N–H and O–H groups in total. The quantitative estimate of drug-likeness (QED) is 0.249. The molecule has 8 heteroatoms. The molecule has 0 radical (unpaired) electrons. The normalized spacial score (nSPS) is 29.7. The van der Waals surface area contributed by atoms with Crippen LogP contribution in [-0.2, 0) is 6.42 Å². The Morgan fingerprint density at radius 2 is 1.83 bits per heavy atom. The van der Waals surface area contributed by atoms with Crippen LogP contribution in [-0.4, -0.2) is 51.6 Å². The van der Waals surface area contributed by atoms with E-state index < -0.39 is 0 Å². The van der Waals surface area contributed by atoms with Gasteiger partial charge in [-0.25, -0.2) is 9.98 Å². The van der Waals surface area contributed by atoms with Gasteiger partial charge in [0, 0.05) is 41.4 Å². The largest absolute Gasteiger partial charge is 0.340 e. The number of rotatable bonds is 5. The molecule has 7 rings (SSSR count). The maximum Gasteiger partial charge on any atom is 0.261 e. The summed E-state index contributed by atoms with van der Waals surface area (Å²) in [7, 11) is 0. The van der Waals surface area contributed by atoms with Crippen LogP contribution >= 0.6 is 15.9 Å². The van der Waals surface area contributed by atoms with E-state index >= 15 is 0 Å². The van der Waals surface area contributed by atoms with Crippen molar-refractivity contribution in [1.29, 1.82) is 0 Å². The zero-order chi connectivity index (χ0) is 29.8. The molecule has 224 valence electrons. The van der Waals surface area contributed by atoms with Crippen LogP contribution in [0.15, 0.2) is 63.1 Å². The Balaban J connectivity index is 1.26. The van der Waals surface area contributed by atoms with Crippen molar-refractivity contribution in [2.45, 2.75) is 85.0 Å². The second-order valence-electron chi connectivity index (χ2n) is 13.8. The molecule has 1 aromatic heterocycles. The summed E-state index contributed by atoms with van der Waals surface area (Å²) in [6.45, 7) is 15.7. The lowest BCUT2D eigenvalue weighted by molar-refractivity contribution is -0.108. The fourth-order valence-corrected chi connectivity index (χ4v) is 8.12. The number of nitrogens with zero attached hydrogens (tertiary/aromatic N) is 4. The fourth-order valence-electron chi connectivity index (χ4n) is 7.86. The van der Waals surface area contributed by atoms with E-state index in [9.17, 15) is 4.79 Å². The van der Waals surface area contributed by atoms with Gasteiger partial charge < -0.3 is 15.5 Å². The summed E-state index contributed by atoms with van der Waals surface area (Å²) in [5.74, 6) is 3.01. The van der Waals surface area contributed by atoms with E-state index in [1.807, 2.05) is 30.3 Å². The van der Waals surface area contributed by atoms with E-state index in [-0.39, 0.29) is 11.6 Å². The van der Waals surface area contributed by atoms with Gasteiger partial charge in [0.05, 0.1) is 23.3 Å². The van der Waals surface area contributed by atoms with Crippen LogP contribution in [0.3, 0.4) is 0 Å². The van der Waals surface area contributed by atoms with E-state index in [4.69, 9.17) is 9.98 Å². The molecule has 42 heavy (non-hydrogen) atoms. The molecular weight excluding hydrogens is 588 g/mol. The molecule has 3 saturated carbocycles. The third-order valence-corrected chi connectivity index (χ3v) is 10.9. The van der Waals surface area contributed by atoms with Crippen molar-refractivity contribution >= 4 is 38.5 Å². The third-order valence-electron chi connectivity index (χ3n) is 10.4. The standard InChI is InChI=1S/C34H45BrN6O/c1-20-17-40(18-21(2)37-20)33(39-30-15-25-14-29(23(30)4)34(25,5)6)38-27-11-12-28-31(16-27)36-19-41(32(28)42)22(3)13-24-7-9-26(35)10-8-24/h7-12,16,19-23,25,29-30,37H,13-15,17-18H2,1-6H3,(H,38,39). The zero-order valence-corrected chi connectivity index (χ0v) is 27.4. The maximum atomic E-state index is 13.5. The van der Waals surface area contributed by atoms with Crippen molar-refractivity contribution in [2.75, 3.05) is 18.4 Å².